The van der Waals surface area contributed by atoms with Gasteiger partial charge in [0, 0.05) is 10.6 Å². The molecule has 0 heterocycles. The van der Waals surface area contributed by atoms with Crippen molar-refractivity contribution in [2.45, 2.75) is 31.6 Å². The molecule has 1 rings (SSSR count). The summed E-state index contributed by atoms with van der Waals surface area (Å²) in [5.74, 6) is 0.732. The van der Waals surface area contributed by atoms with Crippen molar-refractivity contribution in [3.8, 4) is 0 Å². The molecule has 1 unspecified atom stereocenters. The molecule has 0 saturated carbocycles. The second-order valence-electron chi connectivity index (χ2n) is 3.91. The zero-order chi connectivity index (χ0) is 12.7. The second kappa shape index (κ2) is 7.23. The van der Waals surface area contributed by atoms with Crippen LogP contribution in [-0.2, 0) is 10.8 Å². The van der Waals surface area contributed by atoms with Crippen LogP contribution in [0.15, 0.2) is 47.9 Å². The smallest absolute Gasteiger partial charge is 0.0529 e. The van der Waals surface area contributed by atoms with E-state index in [9.17, 15) is 4.21 Å². The maximum Gasteiger partial charge on any atom is 0.0529 e. The summed E-state index contributed by atoms with van der Waals surface area (Å²) < 4.78 is 11.8. The molecule has 1 nitrogen and oxygen atoms in total. The molecule has 0 amide bonds. The van der Waals surface area contributed by atoms with Crippen LogP contribution in [0.4, 0.5) is 0 Å². The molecule has 0 bridgehead atoms. The largest absolute Gasteiger partial charge is 0.254 e. The molecule has 0 saturated heterocycles. The monoisotopic (exact) mass is 248 g/mol. The van der Waals surface area contributed by atoms with Gasteiger partial charge in [0.1, 0.15) is 0 Å². The van der Waals surface area contributed by atoms with Crippen LogP contribution in [0.5, 0.6) is 0 Å². The van der Waals surface area contributed by atoms with Gasteiger partial charge < -0.3 is 0 Å². The van der Waals surface area contributed by atoms with E-state index < -0.39 is 10.8 Å². The van der Waals surface area contributed by atoms with Gasteiger partial charge in [-0.3, -0.25) is 4.21 Å². The third-order valence-corrected chi connectivity index (χ3v) is 4.01. The molecule has 0 aliphatic rings. The third-order valence-electron chi connectivity index (χ3n) is 2.43. The van der Waals surface area contributed by atoms with Crippen molar-refractivity contribution in [3.05, 3.63) is 48.6 Å². The fraction of sp³-hybridized carbons (Fsp3) is 0.333. The van der Waals surface area contributed by atoms with Gasteiger partial charge in [-0.25, -0.2) is 0 Å². The Morgan fingerprint density at radius 1 is 1.29 bits per heavy atom. The van der Waals surface area contributed by atoms with Gasteiger partial charge in [0.15, 0.2) is 0 Å². The minimum Gasteiger partial charge on any atom is -0.254 e. The highest BCUT2D eigenvalue weighted by atomic mass is 32.2. The summed E-state index contributed by atoms with van der Waals surface area (Å²) in [6.45, 7) is 8.15. The van der Waals surface area contributed by atoms with Crippen molar-refractivity contribution in [1.82, 2.24) is 0 Å². The molecule has 0 fully saturated rings. The number of hydrogen-bond acceptors (Lipinski definition) is 1. The lowest BCUT2D eigenvalue weighted by atomic mass is 10.1. The molecule has 0 radical (unpaired) electrons. The molecule has 1 atom stereocenters. The maximum atomic E-state index is 11.8. The molecule has 0 aliphatic carbocycles. The highest BCUT2D eigenvalue weighted by Crippen LogP contribution is 2.17. The topological polar surface area (TPSA) is 17.1 Å². The first kappa shape index (κ1) is 13.9. The van der Waals surface area contributed by atoms with Crippen LogP contribution >= 0.6 is 0 Å². The van der Waals surface area contributed by atoms with E-state index in [0.29, 0.717) is 0 Å². The summed E-state index contributed by atoms with van der Waals surface area (Å²) in [5, 5.41) is 0. The van der Waals surface area contributed by atoms with Crippen LogP contribution in [0.3, 0.4) is 0 Å². The zero-order valence-electron chi connectivity index (χ0n) is 10.6. The van der Waals surface area contributed by atoms with Crippen LogP contribution < -0.4 is 0 Å². The van der Waals surface area contributed by atoms with E-state index in [1.807, 2.05) is 37.3 Å². The van der Waals surface area contributed by atoms with Crippen molar-refractivity contribution >= 4 is 16.4 Å². The Balaban J connectivity index is 2.77. The van der Waals surface area contributed by atoms with E-state index in [4.69, 9.17) is 0 Å². The summed E-state index contributed by atoms with van der Waals surface area (Å²) >= 11 is 0. The Morgan fingerprint density at radius 2 is 1.94 bits per heavy atom. The average molecular weight is 248 g/mol. The second-order valence-corrected chi connectivity index (χ2v) is 5.48. The van der Waals surface area contributed by atoms with E-state index in [-0.39, 0.29) is 0 Å². The normalized spacial score (nSPS) is 12.8. The molecule has 0 aliphatic heterocycles. The lowest BCUT2D eigenvalue weighted by Gasteiger charge is -2.03. The van der Waals surface area contributed by atoms with E-state index >= 15 is 0 Å². The Kier molecular flexibility index (Phi) is 5.92. The fourth-order valence-electron chi connectivity index (χ4n) is 1.48. The lowest BCUT2D eigenvalue weighted by molar-refractivity contribution is 0.682. The summed E-state index contributed by atoms with van der Waals surface area (Å²) in [4.78, 5) is 0.905. The SMILES string of the molecule is C=C(/C=C\CC)c1ccc(S(=O)CCC)cc1. The van der Waals surface area contributed by atoms with Crippen molar-refractivity contribution in [3.63, 3.8) is 0 Å². The van der Waals surface area contributed by atoms with Crippen LogP contribution in [0.25, 0.3) is 5.57 Å². The Bertz CT molecular complexity index is 415. The predicted octanol–water partition coefficient (Wildman–Crippen LogP) is 4.18. The van der Waals surface area contributed by atoms with Gasteiger partial charge in [0.05, 0.1) is 10.8 Å². The third kappa shape index (κ3) is 4.31. The number of rotatable bonds is 6. The highest BCUT2D eigenvalue weighted by Gasteiger charge is 2.02. The van der Waals surface area contributed by atoms with Crippen LogP contribution in [0.1, 0.15) is 32.3 Å². The minimum absolute atomic E-state index is 0.732. The first-order chi connectivity index (χ1) is 8.19. The number of hydrogen-bond donors (Lipinski definition) is 0. The summed E-state index contributed by atoms with van der Waals surface area (Å²) in [6.07, 6.45) is 6.07. The van der Waals surface area contributed by atoms with Crippen LogP contribution in [0, 0.1) is 0 Å². The predicted molar refractivity (Wildman–Crippen MR) is 76.5 cm³/mol. The van der Waals surface area contributed by atoms with E-state index in [2.05, 4.69) is 19.6 Å². The number of benzene rings is 1. The van der Waals surface area contributed by atoms with Gasteiger partial charge in [0.25, 0.3) is 0 Å². The van der Waals surface area contributed by atoms with E-state index in [1.165, 1.54) is 0 Å². The number of allylic oxidation sites excluding steroid dienone is 3. The summed E-state index contributed by atoms with van der Waals surface area (Å²) in [6, 6.07) is 7.86. The highest BCUT2D eigenvalue weighted by molar-refractivity contribution is 7.85. The Hall–Kier alpha value is -1.15. The molecule has 92 valence electrons. The van der Waals surface area contributed by atoms with Gasteiger partial charge in [-0.05, 0) is 36.1 Å². The van der Waals surface area contributed by atoms with Gasteiger partial charge in [0.2, 0.25) is 0 Å². The molecule has 2 heteroatoms. The Labute approximate surface area is 107 Å². The standard InChI is InChI=1S/C15H20OS/c1-4-6-7-13(3)14-8-10-15(11-9-14)17(16)12-5-2/h6-11H,3-5,12H2,1-2H3/b7-6-. The van der Waals surface area contributed by atoms with Gasteiger partial charge >= 0.3 is 0 Å². The molecule has 0 N–H and O–H groups in total. The van der Waals surface area contributed by atoms with Crippen LogP contribution in [-0.4, -0.2) is 9.96 Å². The first-order valence-electron chi connectivity index (χ1n) is 6.03. The quantitative estimate of drug-likeness (QED) is 0.690. The molecule has 1 aromatic carbocycles. The Morgan fingerprint density at radius 3 is 2.47 bits per heavy atom. The maximum absolute atomic E-state index is 11.8. The molecule has 0 spiro atoms. The first-order valence-corrected chi connectivity index (χ1v) is 7.35. The van der Waals surface area contributed by atoms with Gasteiger partial charge in [-0.2, -0.15) is 0 Å². The van der Waals surface area contributed by atoms with Crippen LogP contribution in [0.2, 0.25) is 0 Å². The van der Waals surface area contributed by atoms with Crippen molar-refractivity contribution in [2.24, 2.45) is 0 Å². The summed E-state index contributed by atoms with van der Waals surface area (Å²) in [5.41, 5.74) is 2.09. The average Bonchev–Trinajstić information content (AvgIpc) is 2.36. The fourth-order valence-corrected chi connectivity index (χ4v) is 2.53. The summed E-state index contributed by atoms with van der Waals surface area (Å²) in [7, 11) is -0.858. The van der Waals surface area contributed by atoms with E-state index in [1.54, 1.807) is 0 Å². The van der Waals surface area contributed by atoms with E-state index in [0.717, 1.165) is 34.6 Å². The van der Waals surface area contributed by atoms with Gasteiger partial charge in [-0.15, -0.1) is 0 Å². The molecular weight excluding hydrogens is 228 g/mol. The van der Waals surface area contributed by atoms with Gasteiger partial charge in [-0.1, -0.05) is 44.7 Å². The molecule has 0 aromatic heterocycles. The molecular formula is C15H20OS. The van der Waals surface area contributed by atoms with Crippen molar-refractivity contribution in [1.29, 1.82) is 0 Å². The van der Waals surface area contributed by atoms with Crippen molar-refractivity contribution < 1.29 is 4.21 Å². The van der Waals surface area contributed by atoms with Crippen molar-refractivity contribution in [2.75, 3.05) is 5.75 Å². The minimum atomic E-state index is -0.858. The zero-order valence-corrected chi connectivity index (χ0v) is 11.4. The molecule has 17 heavy (non-hydrogen) atoms. The molecule has 1 aromatic rings. The lowest BCUT2D eigenvalue weighted by Crippen LogP contribution is -1.96.